The highest BCUT2D eigenvalue weighted by atomic mass is 35.5. The summed E-state index contributed by atoms with van der Waals surface area (Å²) < 4.78 is 17.3. The predicted molar refractivity (Wildman–Crippen MR) is 116 cm³/mol. The predicted octanol–water partition coefficient (Wildman–Crippen LogP) is 5.75. The molecule has 0 N–H and O–H groups in total. The van der Waals surface area contributed by atoms with Crippen molar-refractivity contribution in [1.82, 2.24) is 9.88 Å². The van der Waals surface area contributed by atoms with Crippen molar-refractivity contribution in [3.8, 4) is 11.5 Å². The Morgan fingerprint density at radius 2 is 1.90 bits per heavy atom. The van der Waals surface area contributed by atoms with Gasteiger partial charge in [-0.1, -0.05) is 23.2 Å². The number of carbonyl (C=O) groups excluding carboxylic acids is 1. The average Bonchev–Trinajstić information content (AvgIpc) is 2.67. The first-order chi connectivity index (χ1) is 14.2. The number of piperidine rings is 1. The van der Waals surface area contributed by atoms with Crippen molar-refractivity contribution in [2.45, 2.75) is 51.9 Å². The van der Waals surface area contributed by atoms with Gasteiger partial charge in [-0.3, -0.25) is 4.98 Å². The molecule has 6 nitrogen and oxygen atoms in total. The first-order valence-corrected chi connectivity index (χ1v) is 10.6. The normalized spacial score (nSPS) is 15.0. The van der Waals surface area contributed by atoms with Crippen LogP contribution in [0.4, 0.5) is 4.79 Å². The molecule has 0 saturated carbocycles. The van der Waals surface area contributed by atoms with E-state index >= 15 is 0 Å². The zero-order valence-corrected chi connectivity index (χ0v) is 18.9. The Hall–Kier alpha value is -2.18. The zero-order valence-electron chi connectivity index (χ0n) is 17.4. The molecule has 162 valence electrons. The van der Waals surface area contributed by atoms with Gasteiger partial charge >= 0.3 is 6.09 Å². The number of likely N-dealkylation sites (tertiary alicyclic amines) is 1. The number of rotatable bonds is 5. The summed E-state index contributed by atoms with van der Waals surface area (Å²) in [5.41, 5.74) is 0.237. The molecule has 3 rings (SSSR count). The van der Waals surface area contributed by atoms with Crippen molar-refractivity contribution in [3.63, 3.8) is 0 Å². The molecule has 2 heterocycles. The van der Waals surface area contributed by atoms with Crippen molar-refractivity contribution in [2.75, 3.05) is 13.1 Å². The van der Waals surface area contributed by atoms with Crippen LogP contribution < -0.4 is 9.47 Å². The average molecular weight is 453 g/mol. The molecule has 0 spiro atoms. The number of aromatic nitrogens is 1. The minimum atomic E-state index is -0.490. The minimum absolute atomic E-state index is 0.0329. The number of carbonyl (C=O) groups is 1. The molecule has 2 aromatic rings. The summed E-state index contributed by atoms with van der Waals surface area (Å²) in [6.07, 6.45) is 2.94. The smallest absolute Gasteiger partial charge is 0.410 e. The van der Waals surface area contributed by atoms with E-state index in [-0.39, 0.29) is 18.8 Å². The van der Waals surface area contributed by atoms with E-state index in [9.17, 15) is 4.79 Å². The van der Waals surface area contributed by atoms with Crippen molar-refractivity contribution in [2.24, 2.45) is 0 Å². The number of benzene rings is 1. The van der Waals surface area contributed by atoms with Gasteiger partial charge < -0.3 is 19.1 Å². The molecule has 30 heavy (non-hydrogen) atoms. The fourth-order valence-corrected chi connectivity index (χ4v) is 3.49. The lowest BCUT2D eigenvalue weighted by molar-refractivity contribution is 0.0126. The van der Waals surface area contributed by atoms with Crippen molar-refractivity contribution >= 4 is 29.3 Å². The molecule has 0 unspecified atom stereocenters. The van der Waals surface area contributed by atoms with Crippen LogP contribution in [-0.2, 0) is 11.3 Å². The van der Waals surface area contributed by atoms with Crippen molar-refractivity contribution in [3.05, 3.63) is 52.3 Å². The van der Waals surface area contributed by atoms with Crippen LogP contribution in [0.25, 0.3) is 0 Å². The first kappa shape index (κ1) is 22.5. The Bertz CT molecular complexity index is 878. The molecule has 1 aliphatic rings. The quantitative estimate of drug-likeness (QED) is 0.577. The van der Waals surface area contributed by atoms with E-state index in [0.29, 0.717) is 28.9 Å². The second-order valence-electron chi connectivity index (χ2n) is 8.13. The maximum Gasteiger partial charge on any atom is 0.410 e. The van der Waals surface area contributed by atoms with Crippen LogP contribution in [0.3, 0.4) is 0 Å². The SMILES string of the molecule is CC(C)(C)OC(=O)N1CCC(Oc2ccnc(COc3ccc(Cl)cc3Cl)c2)CC1. The summed E-state index contributed by atoms with van der Waals surface area (Å²) in [7, 11) is 0. The van der Waals surface area contributed by atoms with E-state index in [1.165, 1.54) is 0 Å². The van der Waals surface area contributed by atoms with Gasteiger partial charge in [0.25, 0.3) is 0 Å². The summed E-state index contributed by atoms with van der Waals surface area (Å²) in [4.78, 5) is 18.2. The highest BCUT2D eigenvalue weighted by Gasteiger charge is 2.27. The number of ether oxygens (including phenoxy) is 3. The summed E-state index contributed by atoms with van der Waals surface area (Å²) >= 11 is 12.0. The highest BCUT2D eigenvalue weighted by Crippen LogP contribution is 2.28. The maximum atomic E-state index is 12.2. The third-order valence-electron chi connectivity index (χ3n) is 4.45. The molecular weight excluding hydrogens is 427 g/mol. The van der Waals surface area contributed by atoms with Crippen LogP contribution in [0.15, 0.2) is 36.5 Å². The van der Waals surface area contributed by atoms with Crippen LogP contribution in [0.2, 0.25) is 10.0 Å². The van der Waals surface area contributed by atoms with Crippen LogP contribution in [0.1, 0.15) is 39.3 Å². The van der Waals surface area contributed by atoms with E-state index in [4.69, 9.17) is 37.4 Å². The number of pyridine rings is 1. The topological polar surface area (TPSA) is 60.9 Å². The summed E-state index contributed by atoms with van der Waals surface area (Å²) in [5.74, 6) is 1.27. The number of halogens is 2. The van der Waals surface area contributed by atoms with E-state index in [1.54, 1.807) is 29.3 Å². The Balaban J connectivity index is 1.50. The van der Waals surface area contributed by atoms with Crippen LogP contribution in [0, 0.1) is 0 Å². The van der Waals surface area contributed by atoms with Gasteiger partial charge in [0.2, 0.25) is 0 Å². The van der Waals surface area contributed by atoms with Gasteiger partial charge in [-0.15, -0.1) is 0 Å². The highest BCUT2D eigenvalue weighted by molar-refractivity contribution is 6.35. The monoisotopic (exact) mass is 452 g/mol. The largest absolute Gasteiger partial charge is 0.490 e. The molecule has 1 aromatic carbocycles. The second kappa shape index (κ2) is 9.75. The van der Waals surface area contributed by atoms with Crippen molar-refractivity contribution < 1.29 is 19.0 Å². The van der Waals surface area contributed by atoms with Gasteiger partial charge in [0.05, 0.1) is 10.7 Å². The molecule has 8 heteroatoms. The zero-order chi connectivity index (χ0) is 21.7. The third kappa shape index (κ3) is 6.67. The third-order valence-corrected chi connectivity index (χ3v) is 4.98. The van der Waals surface area contributed by atoms with Crippen LogP contribution in [0.5, 0.6) is 11.5 Å². The molecule has 0 atom stereocenters. The molecule has 1 aliphatic heterocycles. The Morgan fingerprint density at radius 1 is 1.17 bits per heavy atom. The van der Waals surface area contributed by atoms with Crippen LogP contribution in [-0.4, -0.2) is 40.8 Å². The number of amides is 1. The van der Waals surface area contributed by atoms with Gasteiger partial charge in [-0.25, -0.2) is 4.79 Å². The fourth-order valence-electron chi connectivity index (χ4n) is 3.03. The standard InChI is InChI=1S/C22H26Cl2N2O4/c1-22(2,3)30-21(27)26-10-7-17(8-11-26)29-18-6-9-25-16(13-18)14-28-20-5-4-15(23)12-19(20)24/h4-6,9,12-13,17H,7-8,10-11,14H2,1-3H3. The van der Waals surface area contributed by atoms with E-state index in [1.807, 2.05) is 32.9 Å². The van der Waals surface area contributed by atoms with Gasteiger partial charge in [-0.2, -0.15) is 0 Å². The fraction of sp³-hybridized carbons (Fsp3) is 0.455. The molecular formula is C22H26Cl2N2O4. The lowest BCUT2D eigenvalue weighted by Crippen LogP contribution is -2.44. The lowest BCUT2D eigenvalue weighted by atomic mass is 10.1. The number of nitrogens with zero attached hydrogens (tertiary/aromatic N) is 2. The summed E-state index contributed by atoms with van der Waals surface area (Å²) in [6.45, 7) is 7.08. The van der Waals surface area contributed by atoms with Gasteiger partial charge in [0, 0.05) is 43.2 Å². The van der Waals surface area contributed by atoms with Gasteiger partial charge in [0.15, 0.2) is 0 Å². The van der Waals surface area contributed by atoms with Crippen molar-refractivity contribution in [1.29, 1.82) is 0 Å². The van der Waals surface area contributed by atoms with E-state index < -0.39 is 5.60 Å². The van der Waals surface area contributed by atoms with Gasteiger partial charge in [0.1, 0.15) is 29.8 Å². The van der Waals surface area contributed by atoms with Gasteiger partial charge in [-0.05, 0) is 45.0 Å². The molecule has 0 radical (unpaired) electrons. The van der Waals surface area contributed by atoms with Crippen LogP contribution >= 0.6 is 23.2 Å². The molecule has 0 bridgehead atoms. The Morgan fingerprint density at radius 3 is 2.57 bits per heavy atom. The summed E-state index contributed by atoms with van der Waals surface area (Å²) in [5, 5.41) is 1.00. The van der Waals surface area contributed by atoms with E-state index in [2.05, 4.69) is 4.98 Å². The Labute approximate surface area is 187 Å². The first-order valence-electron chi connectivity index (χ1n) is 9.87. The summed E-state index contributed by atoms with van der Waals surface area (Å²) in [6, 6.07) is 8.75. The number of hydrogen-bond donors (Lipinski definition) is 0. The second-order valence-corrected chi connectivity index (χ2v) is 8.97. The minimum Gasteiger partial charge on any atom is -0.490 e. The Kier molecular flexibility index (Phi) is 7.32. The van der Waals surface area contributed by atoms with E-state index in [0.717, 1.165) is 24.3 Å². The lowest BCUT2D eigenvalue weighted by Gasteiger charge is -2.33. The molecule has 1 aromatic heterocycles. The molecule has 1 saturated heterocycles. The number of hydrogen-bond acceptors (Lipinski definition) is 5. The molecule has 0 aliphatic carbocycles. The molecule has 1 fully saturated rings. The molecule has 1 amide bonds. The maximum absolute atomic E-state index is 12.2.